The first-order valence-electron chi connectivity index (χ1n) is 7.09. The maximum atomic E-state index is 11.9. The molecule has 0 bridgehead atoms. The fourth-order valence-corrected chi connectivity index (χ4v) is 1.68. The highest BCUT2D eigenvalue weighted by Crippen LogP contribution is 2.06. The van der Waals surface area contributed by atoms with Crippen LogP contribution in [0.1, 0.15) is 43.1 Å². The number of nitrogens with one attached hydrogen (secondary N) is 2. The van der Waals surface area contributed by atoms with Crippen molar-refractivity contribution in [2.45, 2.75) is 39.7 Å². The van der Waals surface area contributed by atoms with Gasteiger partial charge in [0.1, 0.15) is 5.60 Å². The Labute approximate surface area is 126 Å². The minimum atomic E-state index is -0.497. The second-order valence-electron chi connectivity index (χ2n) is 5.91. The molecule has 0 aliphatic carbocycles. The zero-order valence-corrected chi connectivity index (χ0v) is 13.2. The maximum Gasteiger partial charge on any atom is 0.407 e. The van der Waals surface area contributed by atoms with Crippen molar-refractivity contribution in [1.82, 2.24) is 10.6 Å². The monoisotopic (exact) mass is 292 g/mol. The second kappa shape index (κ2) is 7.67. The molecule has 0 atom stereocenters. The van der Waals surface area contributed by atoms with Gasteiger partial charge in [0.05, 0.1) is 0 Å². The van der Waals surface area contributed by atoms with Crippen LogP contribution >= 0.6 is 0 Å². The van der Waals surface area contributed by atoms with E-state index in [4.69, 9.17) is 4.74 Å². The topological polar surface area (TPSA) is 67.4 Å². The summed E-state index contributed by atoms with van der Waals surface area (Å²) in [4.78, 5) is 23.3. The largest absolute Gasteiger partial charge is 0.444 e. The number of benzene rings is 1. The van der Waals surface area contributed by atoms with E-state index >= 15 is 0 Å². The predicted molar refractivity (Wildman–Crippen MR) is 82.4 cm³/mol. The number of ether oxygens (including phenoxy) is 1. The van der Waals surface area contributed by atoms with Gasteiger partial charge in [-0.15, -0.1) is 0 Å². The van der Waals surface area contributed by atoms with Crippen LogP contribution in [0.4, 0.5) is 4.79 Å². The maximum absolute atomic E-state index is 11.9. The Hall–Kier alpha value is -2.04. The molecule has 1 rings (SSSR count). The average Bonchev–Trinajstić information content (AvgIpc) is 2.36. The molecular weight excluding hydrogens is 268 g/mol. The average molecular weight is 292 g/mol. The van der Waals surface area contributed by atoms with Crippen molar-refractivity contribution in [2.75, 3.05) is 13.1 Å². The minimum Gasteiger partial charge on any atom is -0.444 e. The highest BCUT2D eigenvalue weighted by Gasteiger charge is 2.15. The molecule has 0 heterocycles. The van der Waals surface area contributed by atoms with Gasteiger partial charge in [0.25, 0.3) is 5.91 Å². The lowest BCUT2D eigenvalue weighted by molar-refractivity contribution is 0.0527. The predicted octanol–water partition coefficient (Wildman–Crippen LogP) is 2.64. The van der Waals surface area contributed by atoms with Crippen molar-refractivity contribution in [1.29, 1.82) is 0 Å². The third kappa shape index (κ3) is 7.34. The zero-order chi connectivity index (χ0) is 15.9. The summed E-state index contributed by atoms with van der Waals surface area (Å²) in [5.41, 5.74) is 1.20. The molecule has 0 aliphatic rings. The third-order valence-electron chi connectivity index (χ3n) is 2.59. The summed E-state index contributed by atoms with van der Waals surface area (Å²) in [5.74, 6) is -0.101. The normalized spacial score (nSPS) is 10.9. The van der Waals surface area contributed by atoms with Crippen molar-refractivity contribution in [3.63, 3.8) is 0 Å². The third-order valence-corrected chi connectivity index (χ3v) is 2.59. The van der Waals surface area contributed by atoms with E-state index in [-0.39, 0.29) is 5.91 Å². The van der Waals surface area contributed by atoms with Crippen molar-refractivity contribution in [2.24, 2.45) is 0 Å². The number of carbonyl (C=O) groups excluding carboxylic acids is 2. The Morgan fingerprint density at radius 3 is 2.43 bits per heavy atom. The summed E-state index contributed by atoms with van der Waals surface area (Å²) in [5, 5.41) is 5.47. The highest BCUT2D eigenvalue weighted by molar-refractivity contribution is 5.94. The van der Waals surface area contributed by atoms with Gasteiger partial charge in [-0.1, -0.05) is 17.7 Å². The molecule has 1 aromatic carbocycles. The first-order chi connectivity index (χ1) is 9.78. The molecule has 0 radical (unpaired) electrons. The molecule has 2 amide bonds. The molecule has 1 aromatic rings. The lowest BCUT2D eigenvalue weighted by atomic mass is 10.1. The lowest BCUT2D eigenvalue weighted by Gasteiger charge is -2.19. The first-order valence-corrected chi connectivity index (χ1v) is 7.09. The Balaban J connectivity index is 2.20. The number of alkyl carbamates (subject to hydrolysis) is 1. The number of rotatable bonds is 5. The zero-order valence-electron chi connectivity index (χ0n) is 13.2. The van der Waals surface area contributed by atoms with Gasteiger partial charge in [0.2, 0.25) is 0 Å². The van der Waals surface area contributed by atoms with Crippen LogP contribution < -0.4 is 10.6 Å². The molecule has 2 N–H and O–H groups in total. The van der Waals surface area contributed by atoms with Crippen molar-refractivity contribution in [3.05, 3.63) is 35.4 Å². The van der Waals surface area contributed by atoms with Crippen molar-refractivity contribution < 1.29 is 14.3 Å². The number of hydrogen-bond donors (Lipinski definition) is 2. The van der Waals surface area contributed by atoms with Gasteiger partial charge < -0.3 is 15.4 Å². The first kappa shape index (κ1) is 17.0. The molecule has 116 valence electrons. The van der Waals surface area contributed by atoms with Crippen LogP contribution in [0.15, 0.2) is 24.3 Å². The van der Waals surface area contributed by atoms with Crippen LogP contribution in [0.25, 0.3) is 0 Å². The van der Waals surface area contributed by atoms with E-state index in [9.17, 15) is 9.59 Å². The fraction of sp³-hybridized carbons (Fsp3) is 0.500. The lowest BCUT2D eigenvalue weighted by Crippen LogP contribution is -2.34. The van der Waals surface area contributed by atoms with Gasteiger partial charge in [0.15, 0.2) is 0 Å². The van der Waals surface area contributed by atoms with Crippen LogP contribution in [0.3, 0.4) is 0 Å². The van der Waals surface area contributed by atoms with E-state index in [1.54, 1.807) is 6.07 Å². The molecule has 0 aliphatic heterocycles. The fourth-order valence-electron chi connectivity index (χ4n) is 1.68. The van der Waals surface area contributed by atoms with Crippen LogP contribution in [-0.2, 0) is 4.74 Å². The standard InChI is InChI=1S/C16H24N2O3/c1-12-7-5-8-13(11-12)14(19)17-9-6-10-18-15(20)21-16(2,3)4/h5,7-8,11H,6,9-10H2,1-4H3,(H,17,19)(H,18,20). The molecule has 0 spiro atoms. The quantitative estimate of drug-likeness (QED) is 0.820. The Morgan fingerprint density at radius 2 is 1.81 bits per heavy atom. The van der Waals surface area contributed by atoms with Gasteiger partial charge in [0, 0.05) is 18.7 Å². The Morgan fingerprint density at radius 1 is 1.14 bits per heavy atom. The summed E-state index contributed by atoms with van der Waals surface area (Å²) in [6, 6.07) is 7.42. The summed E-state index contributed by atoms with van der Waals surface area (Å²) in [7, 11) is 0. The van der Waals surface area contributed by atoms with Crippen molar-refractivity contribution in [3.8, 4) is 0 Å². The van der Waals surface area contributed by atoms with Crippen LogP contribution in [0.2, 0.25) is 0 Å². The van der Waals surface area contributed by atoms with Crippen LogP contribution in [-0.4, -0.2) is 30.7 Å². The molecule has 21 heavy (non-hydrogen) atoms. The Kier molecular flexibility index (Phi) is 6.21. The summed E-state index contributed by atoms with van der Waals surface area (Å²) in [6.07, 6.45) is 0.212. The van der Waals surface area contributed by atoms with E-state index in [1.807, 2.05) is 45.9 Å². The van der Waals surface area contributed by atoms with E-state index in [0.29, 0.717) is 25.1 Å². The smallest absolute Gasteiger partial charge is 0.407 e. The number of amides is 2. The van der Waals surface area contributed by atoms with E-state index in [1.165, 1.54) is 0 Å². The second-order valence-corrected chi connectivity index (χ2v) is 5.91. The van der Waals surface area contributed by atoms with Gasteiger partial charge in [-0.25, -0.2) is 4.79 Å². The summed E-state index contributed by atoms with van der Waals surface area (Å²) >= 11 is 0. The summed E-state index contributed by atoms with van der Waals surface area (Å²) < 4.78 is 5.11. The summed E-state index contributed by atoms with van der Waals surface area (Å²) in [6.45, 7) is 8.35. The Bertz CT molecular complexity index is 493. The van der Waals surface area contributed by atoms with E-state index in [0.717, 1.165) is 5.56 Å². The van der Waals surface area contributed by atoms with Crippen molar-refractivity contribution >= 4 is 12.0 Å². The van der Waals surface area contributed by atoms with Crippen LogP contribution in [0.5, 0.6) is 0 Å². The SMILES string of the molecule is Cc1cccc(C(=O)NCCCNC(=O)OC(C)(C)C)c1. The van der Waals surface area contributed by atoms with Gasteiger partial charge in [-0.2, -0.15) is 0 Å². The van der Waals surface area contributed by atoms with Crippen LogP contribution in [0, 0.1) is 6.92 Å². The van der Waals surface area contributed by atoms with Gasteiger partial charge >= 0.3 is 6.09 Å². The molecule has 0 saturated carbocycles. The molecular formula is C16H24N2O3. The number of hydrogen-bond acceptors (Lipinski definition) is 3. The number of aryl methyl sites for hydroxylation is 1. The number of carbonyl (C=O) groups is 2. The molecule has 5 nitrogen and oxygen atoms in total. The molecule has 0 unspecified atom stereocenters. The van der Waals surface area contributed by atoms with Gasteiger partial charge in [-0.05, 0) is 46.2 Å². The van der Waals surface area contributed by atoms with E-state index < -0.39 is 11.7 Å². The highest BCUT2D eigenvalue weighted by atomic mass is 16.6. The molecule has 0 aromatic heterocycles. The van der Waals surface area contributed by atoms with Gasteiger partial charge in [-0.3, -0.25) is 4.79 Å². The van der Waals surface area contributed by atoms with E-state index in [2.05, 4.69) is 10.6 Å². The molecule has 0 saturated heterocycles. The molecule has 5 heteroatoms. The molecule has 0 fully saturated rings. The minimum absolute atomic E-state index is 0.101.